The number of hydrogen-bond acceptors (Lipinski definition) is 8. The van der Waals surface area contributed by atoms with Gasteiger partial charge in [0.15, 0.2) is 18.2 Å². The zero-order valence-corrected chi connectivity index (χ0v) is 19.9. The summed E-state index contributed by atoms with van der Waals surface area (Å²) >= 11 is 7.56. The predicted octanol–water partition coefficient (Wildman–Crippen LogP) is 5.06. The molecule has 184 valence electrons. The maximum atomic E-state index is 14.6. The molecule has 0 spiro atoms. The Kier molecular flexibility index (Phi) is 7.48. The van der Waals surface area contributed by atoms with Crippen molar-refractivity contribution in [2.75, 3.05) is 13.2 Å². The summed E-state index contributed by atoms with van der Waals surface area (Å²) in [4.78, 5) is 34.1. The summed E-state index contributed by atoms with van der Waals surface area (Å²) in [6, 6.07) is 5.80. The number of carboxylic acids is 1. The normalized spacial score (nSPS) is 15.4. The van der Waals surface area contributed by atoms with E-state index >= 15 is 0 Å². The average molecular weight is 525 g/mol. The highest BCUT2D eigenvalue weighted by atomic mass is 35.5. The van der Waals surface area contributed by atoms with Crippen LogP contribution in [0.3, 0.4) is 0 Å². The van der Waals surface area contributed by atoms with E-state index in [4.69, 9.17) is 31.0 Å². The third-order valence-corrected chi connectivity index (χ3v) is 6.31. The highest BCUT2D eigenvalue weighted by Crippen LogP contribution is 2.41. The second-order valence-electron chi connectivity index (χ2n) is 7.58. The molecule has 1 N–H and O–H groups in total. The third-order valence-electron chi connectivity index (χ3n) is 5.19. The van der Waals surface area contributed by atoms with Gasteiger partial charge in [0.25, 0.3) is 0 Å². The minimum Gasteiger partial charge on any atom is -0.482 e. The molecule has 3 aromatic rings. The van der Waals surface area contributed by atoms with Gasteiger partial charge in [-0.3, -0.25) is 0 Å². The van der Waals surface area contributed by atoms with Crippen molar-refractivity contribution in [1.82, 2.24) is 10.0 Å². The second-order valence-corrected chi connectivity index (χ2v) is 9.34. The molecule has 1 aromatic heterocycles. The molecule has 1 aliphatic rings. The smallest absolute Gasteiger partial charge is 0.482 e. The standard InChI is InChI=1S/C23H19ClF2N2O6S/c1-12-9-27-19(35-12)10-33-23(31)34-28-7-6-14-15(3-4-17(25)21(14)26)22(28)16-8-13(24)2-5-18(16)32-11-20(29)30/h2-5,8-9,22H,6-7,10-11H2,1H3,(H,29,30)/t22-/m0/s1. The number of aliphatic carboxylic acids is 1. The van der Waals surface area contributed by atoms with E-state index in [1.165, 1.54) is 40.7 Å². The minimum absolute atomic E-state index is 0.00557. The van der Waals surface area contributed by atoms with Gasteiger partial charge in [-0.05, 0) is 48.7 Å². The van der Waals surface area contributed by atoms with Crippen LogP contribution in [-0.2, 0) is 27.4 Å². The fourth-order valence-corrected chi connectivity index (χ4v) is 4.64. The van der Waals surface area contributed by atoms with E-state index in [0.717, 1.165) is 10.9 Å². The Morgan fingerprint density at radius 1 is 1.26 bits per heavy atom. The molecule has 4 rings (SSSR count). The van der Waals surface area contributed by atoms with Crippen LogP contribution in [0.5, 0.6) is 5.75 Å². The first-order chi connectivity index (χ1) is 16.7. The van der Waals surface area contributed by atoms with Crippen molar-refractivity contribution in [2.24, 2.45) is 0 Å². The second kappa shape index (κ2) is 10.5. The van der Waals surface area contributed by atoms with Crippen LogP contribution >= 0.6 is 22.9 Å². The van der Waals surface area contributed by atoms with Crippen LogP contribution < -0.4 is 4.74 Å². The van der Waals surface area contributed by atoms with Crippen molar-refractivity contribution in [3.8, 4) is 5.75 Å². The summed E-state index contributed by atoms with van der Waals surface area (Å²) in [5.74, 6) is -3.11. The van der Waals surface area contributed by atoms with Crippen LogP contribution in [0.4, 0.5) is 13.6 Å². The van der Waals surface area contributed by atoms with Crippen molar-refractivity contribution in [3.63, 3.8) is 0 Å². The number of thiazole rings is 1. The van der Waals surface area contributed by atoms with Crippen LogP contribution in [0.2, 0.25) is 5.02 Å². The lowest BCUT2D eigenvalue weighted by Gasteiger charge is -2.36. The molecule has 12 heteroatoms. The zero-order valence-electron chi connectivity index (χ0n) is 18.3. The van der Waals surface area contributed by atoms with E-state index < -0.39 is 36.4 Å². The van der Waals surface area contributed by atoms with Gasteiger partial charge in [-0.15, -0.1) is 16.4 Å². The molecule has 2 heterocycles. The lowest BCUT2D eigenvalue weighted by molar-refractivity contribution is -0.153. The van der Waals surface area contributed by atoms with E-state index in [2.05, 4.69) is 4.98 Å². The number of benzene rings is 2. The third kappa shape index (κ3) is 5.69. The molecule has 0 fully saturated rings. The first kappa shape index (κ1) is 24.8. The molecule has 8 nitrogen and oxygen atoms in total. The van der Waals surface area contributed by atoms with E-state index in [1.807, 2.05) is 6.92 Å². The summed E-state index contributed by atoms with van der Waals surface area (Å²) in [5.41, 5.74) is 0.709. The highest BCUT2D eigenvalue weighted by Gasteiger charge is 2.36. The van der Waals surface area contributed by atoms with Crippen LogP contribution in [0.25, 0.3) is 0 Å². The van der Waals surface area contributed by atoms with E-state index in [1.54, 1.807) is 6.20 Å². The maximum absolute atomic E-state index is 14.6. The average Bonchev–Trinajstić information content (AvgIpc) is 3.24. The highest BCUT2D eigenvalue weighted by molar-refractivity contribution is 7.11. The van der Waals surface area contributed by atoms with Gasteiger partial charge >= 0.3 is 12.1 Å². The Morgan fingerprint density at radius 2 is 2.06 bits per heavy atom. The lowest BCUT2D eigenvalue weighted by Crippen LogP contribution is -2.38. The van der Waals surface area contributed by atoms with Gasteiger partial charge in [-0.2, -0.15) is 0 Å². The monoisotopic (exact) mass is 524 g/mol. The van der Waals surface area contributed by atoms with Crippen LogP contribution in [-0.4, -0.2) is 40.4 Å². The number of aryl methyl sites for hydroxylation is 1. The number of carbonyl (C=O) groups is 2. The number of aromatic nitrogens is 1. The Bertz CT molecular complexity index is 1270. The molecule has 2 aromatic carbocycles. The molecule has 0 saturated carbocycles. The van der Waals surface area contributed by atoms with Gasteiger partial charge in [0.2, 0.25) is 0 Å². The van der Waals surface area contributed by atoms with Crippen LogP contribution in [0.15, 0.2) is 36.5 Å². The number of hydroxylamine groups is 2. The van der Waals surface area contributed by atoms with Crippen molar-refractivity contribution >= 4 is 35.1 Å². The molecular weight excluding hydrogens is 506 g/mol. The zero-order chi connectivity index (χ0) is 25.1. The summed E-state index contributed by atoms with van der Waals surface area (Å²) in [6.45, 7) is 1.11. The Morgan fingerprint density at radius 3 is 2.77 bits per heavy atom. The van der Waals surface area contributed by atoms with Crippen molar-refractivity contribution in [1.29, 1.82) is 0 Å². The van der Waals surface area contributed by atoms with Crippen LogP contribution in [0.1, 0.15) is 32.6 Å². The fourth-order valence-electron chi connectivity index (χ4n) is 3.76. The summed E-state index contributed by atoms with van der Waals surface area (Å²) in [6.07, 6.45) is 0.668. The Balaban J connectivity index is 1.67. The molecular formula is C23H19ClF2N2O6S. The predicted molar refractivity (Wildman–Crippen MR) is 121 cm³/mol. The molecule has 0 radical (unpaired) electrons. The number of nitrogens with zero attached hydrogens (tertiary/aromatic N) is 2. The van der Waals surface area contributed by atoms with Gasteiger partial charge in [-0.25, -0.2) is 23.4 Å². The number of rotatable bonds is 7. The largest absolute Gasteiger partial charge is 0.528 e. The molecule has 1 atom stereocenters. The van der Waals surface area contributed by atoms with Crippen LogP contribution in [0, 0.1) is 18.6 Å². The first-order valence-corrected chi connectivity index (χ1v) is 11.6. The molecule has 1 aliphatic heterocycles. The van der Waals surface area contributed by atoms with E-state index in [-0.39, 0.29) is 35.9 Å². The quantitative estimate of drug-likeness (QED) is 0.428. The number of fused-ring (bicyclic) bond motifs is 1. The number of hydrogen-bond donors (Lipinski definition) is 1. The van der Waals surface area contributed by atoms with E-state index in [9.17, 15) is 18.4 Å². The molecule has 0 aliphatic carbocycles. The summed E-state index contributed by atoms with van der Waals surface area (Å²) in [7, 11) is 0. The molecule has 0 amide bonds. The Hall–Kier alpha value is -3.28. The van der Waals surface area contributed by atoms with Gasteiger partial charge in [0, 0.05) is 28.2 Å². The number of ether oxygens (including phenoxy) is 2. The topological polar surface area (TPSA) is 98.2 Å². The number of carboxylic acid groups (broad SMARTS) is 1. The fraction of sp³-hybridized carbons (Fsp3) is 0.261. The molecule has 35 heavy (non-hydrogen) atoms. The molecule has 0 bridgehead atoms. The minimum atomic E-state index is -1.21. The van der Waals surface area contributed by atoms with E-state index in [0.29, 0.717) is 16.1 Å². The molecule has 0 saturated heterocycles. The lowest BCUT2D eigenvalue weighted by atomic mass is 9.88. The summed E-state index contributed by atoms with van der Waals surface area (Å²) in [5, 5.41) is 11.1. The SMILES string of the molecule is Cc1cnc(COC(=O)ON2CCc3c(ccc(F)c3F)[C@H]2c2cc(Cl)ccc2OCC(=O)O)s1. The van der Waals surface area contributed by atoms with Crippen molar-refractivity contribution < 1.29 is 37.8 Å². The molecule has 0 unspecified atom stereocenters. The number of halogens is 3. The maximum Gasteiger partial charge on any atom is 0.528 e. The summed E-state index contributed by atoms with van der Waals surface area (Å²) < 4.78 is 39.2. The van der Waals surface area contributed by atoms with Crippen molar-refractivity contribution in [3.05, 3.63) is 79.8 Å². The number of carbonyl (C=O) groups excluding carboxylic acids is 1. The van der Waals surface area contributed by atoms with Gasteiger partial charge < -0.3 is 19.4 Å². The van der Waals surface area contributed by atoms with Crippen molar-refractivity contribution in [2.45, 2.75) is 26.0 Å². The van der Waals surface area contributed by atoms with Gasteiger partial charge in [-0.1, -0.05) is 17.7 Å². The Labute approximate surface area is 207 Å². The van der Waals surface area contributed by atoms with Gasteiger partial charge in [0.1, 0.15) is 23.4 Å². The first-order valence-electron chi connectivity index (χ1n) is 10.4. The van der Waals surface area contributed by atoms with Gasteiger partial charge in [0.05, 0.1) is 0 Å².